The van der Waals surface area contributed by atoms with Crippen LogP contribution in [0.2, 0.25) is 5.28 Å². The molecule has 1 heterocycles. The van der Waals surface area contributed by atoms with E-state index < -0.39 is 0 Å². The summed E-state index contributed by atoms with van der Waals surface area (Å²) in [5.41, 5.74) is 1.13. The molecule has 72 valence electrons. The summed E-state index contributed by atoms with van der Waals surface area (Å²) in [4.78, 5) is 0. The van der Waals surface area contributed by atoms with E-state index in [0.717, 1.165) is 5.56 Å². The van der Waals surface area contributed by atoms with Crippen molar-refractivity contribution < 1.29 is 0 Å². The first kappa shape index (κ1) is 9.15. The Bertz CT molecular complexity index is 412. The van der Waals surface area contributed by atoms with Crippen LogP contribution in [-0.4, -0.2) is 20.2 Å². The van der Waals surface area contributed by atoms with Gasteiger partial charge in [-0.25, -0.2) is 4.68 Å². The Labute approximate surface area is 86.5 Å². The summed E-state index contributed by atoms with van der Waals surface area (Å²) in [6, 6.07) is 10.0. The van der Waals surface area contributed by atoms with Gasteiger partial charge in [-0.3, -0.25) is 0 Å². The van der Waals surface area contributed by atoms with Crippen molar-refractivity contribution in [2.45, 2.75) is 13.0 Å². The molecule has 0 amide bonds. The van der Waals surface area contributed by atoms with Crippen LogP contribution in [0.25, 0.3) is 0 Å². The molecule has 0 aliphatic carbocycles. The molecule has 0 unspecified atom stereocenters. The monoisotopic (exact) mass is 208 g/mol. The Morgan fingerprint density at radius 1 is 1.29 bits per heavy atom. The molecule has 0 aliphatic heterocycles. The van der Waals surface area contributed by atoms with Gasteiger partial charge in [0, 0.05) is 0 Å². The fourth-order valence-electron chi connectivity index (χ4n) is 1.29. The van der Waals surface area contributed by atoms with Crippen molar-refractivity contribution in [3.8, 4) is 0 Å². The molecular formula is C9H9ClN4. The number of hydrogen-bond acceptors (Lipinski definition) is 3. The second-order valence-electron chi connectivity index (χ2n) is 2.98. The lowest BCUT2D eigenvalue weighted by atomic mass is 10.1. The van der Waals surface area contributed by atoms with Crippen molar-refractivity contribution in [3.63, 3.8) is 0 Å². The van der Waals surface area contributed by atoms with Crippen molar-refractivity contribution in [2.75, 3.05) is 0 Å². The first-order chi connectivity index (χ1) is 6.79. The van der Waals surface area contributed by atoms with Crippen LogP contribution in [0, 0.1) is 0 Å². The Kier molecular flexibility index (Phi) is 2.45. The van der Waals surface area contributed by atoms with Gasteiger partial charge in [0.25, 0.3) is 0 Å². The highest BCUT2D eigenvalue weighted by atomic mass is 35.5. The maximum atomic E-state index is 5.81. The van der Waals surface area contributed by atoms with Gasteiger partial charge in [-0.05, 0) is 34.5 Å². The van der Waals surface area contributed by atoms with Crippen LogP contribution < -0.4 is 0 Å². The summed E-state index contributed by atoms with van der Waals surface area (Å²) in [7, 11) is 0. The average molecular weight is 209 g/mol. The summed E-state index contributed by atoms with van der Waals surface area (Å²) in [5, 5.41) is 11.3. The molecule has 2 aromatic rings. The molecule has 0 saturated heterocycles. The average Bonchev–Trinajstić information content (AvgIpc) is 2.65. The van der Waals surface area contributed by atoms with Crippen molar-refractivity contribution in [3.05, 3.63) is 41.2 Å². The van der Waals surface area contributed by atoms with E-state index in [9.17, 15) is 0 Å². The van der Waals surface area contributed by atoms with Crippen LogP contribution in [0.3, 0.4) is 0 Å². The summed E-state index contributed by atoms with van der Waals surface area (Å²) < 4.78 is 1.58. The van der Waals surface area contributed by atoms with Crippen molar-refractivity contribution >= 4 is 11.6 Å². The third kappa shape index (κ3) is 1.61. The lowest BCUT2D eigenvalue weighted by Crippen LogP contribution is -2.08. The normalized spacial score (nSPS) is 12.7. The van der Waals surface area contributed by atoms with Gasteiger partial charge in [0.05, 0.1) is 6.04 Å². The molecule has 0 spiro atoms. The van der Waals surface area contributed by atoms with Crippen LogP contribution in [0.15, 0.2) is 30.3 Å². The molecule has 5 heteroatoms. The molecule has 0 radical (unpaired) electrons. The molecule has 4 nitrogen and oxygen atoms in total. The molecule has 0 fully saturated rings. The van der Waals surface area contributed by atoms with E-state index in [1.807, 2.05) is 37.3 Å². The van der Waals surface area contributed by atoms with Crippen LogP contribution in [0.4, 0.5) is 0 Å². The van der Waals surface area contributed by atoms with E-state index in [2.05, 4.69) is 15.5 Å². The van der Waals surface area contributed by atoms with E-state index in [-0.39, 0.29) is 6.04 Å². The van der Waals surface area contributed by atoms with Gasteiger partial charge in [-0.2, -0.15) is 0 Å². The number of benzene rings is 1. The van der Waals surface area contributed by atoms with Gasteiger partial charge in [-0.1, -0.05) is 35.4 Å². The Hall–Kier alpha value is -1.42. The third-order valence-electron chi connectivity index (χ3n) is 2.10. The maximum Gasteiger partial charge on any atom is 0.243 e. The minimum Gasteiger partial charge on any atom is -0.209 e. The van der Waals surface area contributed by atoms with Gasteiger partial charge in [0.2, 0.25) is 5.28 Å². The zero-order chi connectivity index (χ0) is 9.97. The van der Waals surface area contributed by atoms with Gasteiger partial charge in [0.1, 0.15) is 0 Å². The van der Waals surface area contributed by atoms with Gasteiger partial charge in [0.15, 0.2) is 0 Å². The fourth-order valence-corrected chi connectivity index (χ4v) is 1.51. The fraction of sp³-hybridized carbons (Fsp3) is 0.222. The number of aromatic nitrogens is 4. The molecule has 1 aromatic heterocycles. The summed E-state index contributed by atoms with van der Waals surface area (Å²) >= 11 is 5.81. The van der Waals surface area contributed by atoms with E-state index in [1.54, 1.807) is 4.68 Å². The highest BCUT2D eigenvalue weighted by Crippen LogP contribution is 2.18. The van der Waals surface area contributed by atoms with Gasteiger partial charge < -0.3 is 0 Å². The maximum absolute atomic E-state index is 5.81. The van der Waals surface area contributed by atoms with E-state index in [0.29, 0.717) is 5.28 Å². The first-order valence-electron chi connectivity index (χ1n) is 4.27. The summed E-state index contributed by atoms with van der Waals surface area (Å²) in [6.07, 6.45) is 0. The van der Waals surface area contributed by atoms with Crippen molar-refractivity contribution in [1.29, 1.82) is 0 Å². The lowest BCUT2D eigenvalue weighted by Gasteiger charge is -2.10. The molecular weight excluding hydrogens is 200 g/mol. The Morgan fingerprint density at radius 3 is 2.57 bits per heavy atom. The van der Waals surface area contributed by atoms with Crippen molar-refractivity contribution in [1.82, 2.24) is 20.2 Å². The third-order valence-corrected chi connectivity index (χ3v) is 2.35. The Balaban J connectivity index is 2.34. The predicted octanol–water partition coefficient (Wildman–Crippen LogP) is 1.94. The number of rotatable bonds is 2. The highest BCUT2D eigenvalue weighted by Gasteiger charge is 2.12. The quantitative estimate of drug-likeness (QED) is 0.758. The first-order valence-corrected chi connectivity index (χ1v) is 4.65. The summed E-state index contributed by atoms with van der Waals surface area (Å²) in [6.45, 7) is 2.00. The lowest BCUT2D eigenvalue weighted by molar-refractivity contribution is 0.544. The highest BCUT2D eigenvalue weighted by molar-refractivity contribution is 6.28. The molecule has 2 rings (SSSR count). The number of tetrazole rings is 1. The van der Waals surface area contributed by atoms with Gasteiger partial charge in [-0.15, -0.1) is 0 Å². The van der Waals surface area contributed by atoms with Gasteiger partial charge >= 0.3 is 0 Å². The second kappa shape index (κ2) is 3.75. The zero-order valence-electron chi connectivity index (χ0n) is 7.63. The van der Waals surface area contributed by atoms with Crippen LogP contribution in [0.1, 0.15) is 18.5 Å². The molecule has 14 heavy (non-hydrogen) atoms. The smallest absolute Gasteiger partial charge is 0.209 e. The summed E-state index contributed by atoms with van der Waals surface area (Å²) in [5.74, 6) is 0. The van der Waals surface area contributed by atoms with Crippen LogP contribution >= 0.6 is 11.6 Å². The van der Waals surface area contributed by atoms with E-state index in [1.165, 1.54) is 0 Å². The topological polar surface area (TPSA) is 43.6 Å². The number of hydrogen-bond donors (Lipinski definition) is 0. The SMILES string of the molecule is C[C@H](c1ccccc1)n1nnnc1Cl. The molecule has 1 aromatic carbocycles. The van der Waals surface area contributed by atoms with E-state index >= 15 is 0 Å². The largest absolute Gasteiger partial charge is 0.243 e. The van der Waals surface area contributed by atoms with E-state index in [4.69, 9.17) is 11.6 Å². The van der Waals surface area contributed by atoms with Crippen LogP contribution in [-0.2, 0) is 0 Å². The van der Waals surface area contributed by atoms with Crippen LogP contribution in [0.5, 0.6) is 0 Å². The minimum absolute atomic E-state index is 0.0544. The molecule has 0 N–H and O–H groups in total. The minimum atomic E-state index is 0.0544. The molecule has 1 atom stereocenters. The second-order valence-corrected chi connectivity index (χ2v) is 3.32. The standard InChI is InChI=1S/C9H9ClN4/c1-7(8-5-3-2-4-6-8)14-9(10)11-12-13-14/h2-7H,1H3/t7-/m1/s1. The molecule has 0 aliphatic rings. The number of halogens is 1. The zero-order valence-corrected chi connectivity index (χ0v) is 8.39. The number of nitrogens with zero attached hydrogens (tertiary/aromatic N) is 4. The molecule has 0 saturated carbocycles. The molecule has 0 bridgehead atoms. The Morgan fingerprint density at radius 2 is 2.00 bits per heavy atom. The predicted molar refractivity (Wildman–Crippen MR) is 53.1 cm³/mol. The van der Waals surface area contributed by atoms with Crippen molar-refractivity contribution in [2.24, 2.45) is 0 Å².